The molecule has 1 amide bonds. The van der Waals surface area contributed by atoms with Crippen LogP contribution in [0.25, 0.3) is 10.9 Å². The zero-order chi connectivity index (χ0) is 29.1. The fourth-order valence-electron chi connectivity index (χ4n) is 5.08. The van der Waals surface area contributed by atoms with Crippen LogP contribution in [0.15, 0.2) is 83.9 Å². The average molecular weight is 572 g/mol. The Morgan fingerprint density at radius 2 is 1.83 bits per heavy atom. The number of anilines is 2. The van der Waals surface area contributed by atoms with E-state index >= 15 is 0 Å². The maximum absolute atomic E-state index is 14.0. The predicted octanol–water partition coefficient (Wildman–Crippen LogP) is 3.71. The summed E-state index contributed by atoms with van der Waals surface area (Å²) in [6, 6.07) is 20.1. The molecule has 1 aliphatic rings. The van der Waals surface area contributed by atoms with Crippen molar-refractivity contribution >= 4 is 50.0 Å². The van der Waals surface area contributed by atoms with Gasteiger partial charge >= 0.3 is 5.97 Å². The molecule has 0 saturated heterocycles. The second-order valence-corrected chi connectivity index (χ2v) is 11.7. The fraction of sp³-hybridized carbons (Fsp3) is 0.200. The van der Waals surface area contributed by atoms with Crippen molar-refractivity contribution in [2.24, 2.45) is 5.73 Å². The van der Waals surface area contributed by atoms with Crippen LogP contribution in [0.3, 0.4) is 0 Å². The molecule has 1 aliphatic heterocycles. The molecule has 5 rings (SSSR count). The van der Waals surface area contributed by atoms with E-state index in [-0.39, 0.29) is 28.7 Å². The van der Waals surface area contributed by atoms with E-state index in [9.17, 15) is 23.1 Å². The van der Waals surface area contributed by atoms with Crippen LogP contribution in [-0.4, -0.2) is 49.3 Å². The molecular formula is C30H29N5O5S. The lowest BCUT2D eigenvalue weighted by Gasteiger charge is -2.35. The number of aromatic nitrogens is 1. The summed E-state index contributed by atoms with van der Waals surface area (Å²) in [6.07, 6.45) is 3.53. The summed E-state index contributed by atoms with van der Waals surface area (Å²) in [5, 5.41) is 17.9. The summed E-state index contributed by atoms with van der Waals surface area (Å²) < 4.78 is 28.8. The van der Waals surface area contributed by atoms with Crippen LogP contribution >= 0.6 is 0 Å². The monoisotopic (exact) mass is 571 g/mol. The van der Waals surface area contributed by atoms with Gasteiger partial charge in [0.25, 0.3) is 10.0 Å². The molecule has 0 radical (unpaired) electrons. The first-order valence-electron chi connectivity index (χ1n) is 13.1. The second kappa shape index (κ2) is 11.4. The number of carbonyl (C=O) groups excluding carboxylic acids is 1. The van der Waals surface area contributed by atoms with E-state index in [0.717, 1.165) is 15.4 Å². The molecule has 2 heterocycles. The molecule has 0 unspecified atom stereocenters. The van der Waals surface area contributed by atoms with Crippen LogP contribution in [-0.2, 0) is 32.5 Å². The summed E-state index contributed by atoms with van der Waals surface area (Å²) in [5.74, 6) is -1.55. The Morgan fingerprint density at radius 1 is 1.05 bits per heavy atom. The lowest BCUT2D eigenvalue weighted by molar-refractivity contribution is -0.135. The van der Waals surface area contributed by atoms with Gasteiger partial charge in [-0.05, 0) is 60.7 Å². The summed E-state index contributed by atoms with van der Waals surface area (Å²) >= 11 is 0. The van der Waals surface area contributed by atoms with Crippen LogP contribution in [0, 0.1) is 5.41 Å². The Bertz CT molecular complexity index is 1760. The lowest BCUT2D eigenvalue weighted by Crippen LogP contribution is -2.40. The number of carbonyl (C=O) groups is 2. The first kappa shape index (κ1) is 27.8. The highest BCUT2D eigenvalue weighted by Crippen LogP contribution is 2.39. The number of hydrogen-bond acceptors (Lipinski definition) is 6. The minimum Gasteiger partial charge on any atom is -0.480 e. The molecule has 0 spiro atoms. The van der Waals surface area contributed by atoms with Gasteiger partial charge in [0.2, 0.25) is 5.91 Å². The van der Waals surface area contributed by atoms with Crippen LogP contribution in [0.5, 0.6) is 0 Å². The zero-order valence-electron chi connectivity index (χ0n) is 22.2. The number of nitrogens with zero attached hydrogens (tertiary/aromatic N) is 3. The SMILES string of the molecule is N=C(N)c1ccc(CCC(=O)N2CCCc3cccc(N(CC(=O)O)S(=O)(=O)c4ccc5ncccc5c4)c32)cc1. The van der Waals surface area contributed by atoms with E-state index in [1.54, 1.807) is 53.6 Å². The van der Waals surface area contributed by atoms with Crippen LogP contribution in [0.4, 0.5) is 11.4 Å². The number of nitrogens with one attached hydrogen (secondary N) is 1. The van der Waals surface area contributed by atoms with Gasteiger partial charge in [-0.15, -0.1) is 0 Å². The Balaban J connectivity index is 1.50. The van der Waals surface area contributed by atoms with Gasteiger partial charge in [0.1, 0.15) is 12.4 Å². The van der Waals surface area contributed by atoms with E-state index in [1.807, 2.05) is 18.2 Å². The smallest absolute Gasteiger partial charge is 0.324 e. The number of hydrogen-bond donors (Lipinski definition) is 3. The van der Waals surface area contributed by atoms with Crippen molar-refractivity contribution in [1.29, 1.82) is 5.41 Å². The Labute approximate surface area is 237 Å². The van der Waals surface area contributed by atoms with E-state index < -0.39 is 22.5 Å². The third-order valence-electron chi connectivity index (χ3n) is 7.10. The molecule has 41 heavy (non-hydrogen) atoms. The number of nitrogens with two attached hydrogens (primary N) is 1. The summed E-state index contributed by atoms with van der Waals surface area (Å²) in [5.41, 5.74) is 8.98. The van der Waals surface area contributed by atoms with Crippen molar-refractivity contribution in [2.45, 2.75) is 30.6 Å². The molecule has 0 fully saturated rings. The van der Waals surface area contributed by atoms with Crippen molar-refractivity contribution in [1.82, 2.24) is 4.98 Å². The molecule has 11 heteroatoms. The Hall–Kier alpha value is -4.77. The molecule has 210 valence electrons. The van der Waals surface area contributed by atoms with Gasteiger partial charge < -0.3 is 15.7 Å². The number of aliphatic carboxylic acids is 1. The molecule has 0 atom stereocenters. The number of sulfonamides is 1. The maximum atomic E-state index is 14.0. The number of benzene rings is 3. The number of amidine groups is 1. The van der Waals surface area contributed by atoms with Gasteiger partial charge in [-0.1, -0.05) is 42.5 Å². The molecule has 4 N–H and O–H groups in total. The number of aryl methyl sites for hydroxylation is 2. The van der Waals surface area contributed by atoms with Gasteiger partial charge in [-0.25, -0.2) is 8.42 Å². The predicted molar refractivity (Wildman–Crippen MR) is 157 cm³/mol. The number of fused-ring (bicyclic) bond motifs is 2. The number of rotatable bonds is 9. The molecule has 10 nitrogen and oxygen atoms in total. The molecule has 3 aromatic carbocycles. The third kappa shape index (κ3) is 5.75. The van der Waals surface area contributed by atoms with Gasteiger partial charge in [-0.3, -0.25) is 24.3 Å². The van der Waals surface area contributed by atoms with Gasteiger partial charge in [0, 0.05) is 30.1 Å². The molecular weight excluding hydrogens is 542 g/mol. The van der Waals surface area contributed by atoms with E-state index in [4.69, 9.17) is 11.1 Å². The summed E-state index contributed by atoms with van der Waals surface area (Å²) in [6.45, 7) is -0.427. The van der Waals surface area contributed by atoms with E-state index in [2.05, 4.69) is 4.98 Å². The maximum Gasteiger partial charge on any atom is 0.324 e. The first-order chi connectivity index (χ1) is 19.6. The van der Waals surface area contributed by atoms with Crippen molar-refractivity contribution in [2.75, 3.05) is 22.3 Å². The molecule has 0 saturated carbocycles. The normalized spacial score (nSPS) is 13.0. The van der Waals surface area contributed by atoms with Gasteiger partial charge in [-0.2, -0.15) is 0 Å². The highest BCUT2D eigenvalue weighted by molar-refractivity contribution is 7.92. The molecule has 1 aromatic heterocycles. The zero-order valence-corrected chi connectivity index (χ0v) is 23.0. The van der Waals surface area contributed by atoms with Crippen molar-refractivity contribution in [3.63, 3.8) is 0 Å². The van der Waals surface area contributed by atoms with Crippen LogP contribution < -0.4 is 14.9 Å². The number of carboxylic acids is 1. The first-order valence-corrected chi connectivity index (χ1v) is 14.5. The highest BCUT2D eigenvalue weighted by Gasteiger charge is 2.34. The lowest BCUT2D eigenvalue weighted by atomic mass is 9.99. The highest BCUT2D eigenvalue weighted by atomic mass is 32.2. The Kier molecular flexibility index (Phi) is 7.71. The quantitative estimate of drug-likeness (QED) is 0.204. The Morgan fingerprint density at radius 3 is 2.56 bits per heavy atom. The van der Waals surface area contributed by atoms with Crippen molar-refractivity contribution in [3.05, 3.63) is 95.7 Å². The minimum absolute atomic E-state index is 0.0358. The van der Waals surface area contributed by atoms with Crippen LogP contribution in [0.2, 0.25) is 0 Å². The van der Waals surface area contributed by atoms with E-state index in [0.29, 0.717) is 48.0 Å². The van der Waals surface area contributed by atoms with Gasteiger partial charge in [0.15, 0.2) is 0 Å². The largest absolute Gasteiger partial charge is 0.480 e. The molecule has 4 aromatic rings. The van der Waals surface area contributed by atoms with Crippen molar-refractivity contribution in [3.8, 4) is 0 Å². The average Bonchev–Trinajstić information content (AvgIpc) is 2.97. The van der Waals surface area contributed by atoms with Gasteiger partial charge in [0.05, 0.1) is 21.8 Å². The third-order valence-corrected chi connectivity index (χ3v) is 8.86. The second-order valence-electron chi connectivity index (χ2n) is 9.81. The fourth-order valence-corrected chi connectivity index (χ4v) is 6.54. The number of nitrogen functional groups attached to an aromatic ring is 1. The number of pyridine rings is 1. The standard InChI is InChI=1S/C30H29N5O5S/c31-30(32)22-11-8-20(9-12-22)10-15-27(36)34-17-3-6-21-4-1-7-26(29(21)34)35(19-28(37)38)41(39,40)24-13-14-25-23(18-24)5-2-16-33-25/h1-2,4-5,7-9,11-14,16,18H,3,6,10,15,17,19H2,(H3,31,32)(H,37,38). The summed E-state index contributed by atoms with van der Waals surface area (Å²) in [7, 11) is -4.33. The minimum atomic E-state index is -4.33. The number of carboxylic acid groups (broad SMARTS) is 1. The van der Waals surface area contributed by atoms with Crippen molar-refractivity contribution < 1.29 is 23.1 Å². The number of amides is 1. The topological polar surface area (TPSA) is 158 Å². The number of para-hydroxylation sites is 1. The van der Waals surface area contributed by atoms with Crippen LogP contribution in [0.1, 0.15) is 29.5 Å². The molecule has 0 aliphatic carbocycles. The molecule has 0 bridgehead atoms. The van der Waals surface area contributed by atoms with E-state index in [1.165, 1.54) is 12.1 Å². The summed E-state index contributed by atoms with van der Waals surface area (Å²) in [4.78, 5) is 31.3.